The summed E-state index contributed by atoms with van der Waals surface area (Å²) in [6.07, 6.45) is -0.189. The highest BCUT2D eigenvalue weighted by Gasteiger charge is 2.38. The van der Waals surface area contributed by atoms with E-state index < -0.39 is 5.92 Å². The van der Waals surface area contributed by atoms with E-state index in [0.29, 0.717) is 10.3 Å². The Morgan fingerprint density at radius 3 is 3.00 bits per heavy atom. The molecule has 0 unspecified atom stereocenters. The maximum Gasteiger partial charge on any atom is 0.272 e. The highest BCUT2D eigenvalue weighted by molar-refractivity contribution is 9.10. The molecule has 0 spiro atoms. The Morgan fingerprint density at radius 1 is 1.64 bits per heavy atom. The second-order valence-corrected chi connectivity index (χ2v) is 3.46. The van der Waals surface area contributed by atoms with Crippen LogP contribution in [0.15, 0.2) is 10.7 Å². The van der Waals surface area contributed by atoms with Crippen LogP contribution in [-0.4, -0.2) is 15.7 Å². The second-order valence-electron chi connectivity index (χ2n) is 2.65. The number of alkyl halides is 2. The number of rotatable bonds is 0. The molecule has 0 saturated carbocycles. The lowest BCUT2D eigenvalue weighted by Gasteiger charge is -2.04. The number of nitrogens with zero attached hydrogens (tertiary/aromatic N) is 2. The SMILES string of the molecule is FC1(F)Cc2cc(Br)nn2C1. The predicted octanol–water partition coefficient (Wildman–Crippen LogP) is 1.84. The number of halogens is 3. The van der Waals surface area contributed by atoms with Gasteiger partial charge in [-0.15, -0.1) is 0 Å². The number of aromatic nitrogens is 2. The molecular weight excluding hydrogens is 218 g/mol. The van der Waals surface area contributed by atoms with Crippen LogP contribution in [0.2, 0.25) is 0 Å². The number of hydrogen-bond donors (Lipinski definition) is 0. The molecule has 2 heterocycles. The average molecular weight is 223 g/mol. The largest absolute Gasteiger partial charge is 0.272 e. The molecular formula is C6H5BrF2N2. The van der Waals surface area contributed by atoms with E-state index >= 15 is 0 Å². The lowest BCUT2D eigenvalue weighted by atomic mass is 10.2. The Labute approximate surface area is 70.3 Å². The molecule has 0 bridgehead atoms. The Morgan fingerprint density at radius 2 is 2.36 bits per heavy atom. The van der Waals surface area contributed by atoms with Crippen molar-refractivity contribution in [2.45, 2.75) is 18.9 Å². The first-order valence-corrected chi connectivity index (χ1v) is 3.96. The molecule has 2 rings (SSSR count). The van der Waals surface area contributed by atoms with Gasteiger partial charge in [0.05, 0.1) is 6.42 Å². The van der Waals surface area contributed by atoms with Gasteiger partial charge in [-0.3, -0.25) is 4.68 Å². The maximum absolute atomic E-state index is 12.6. The summed E-state index contributed by atoms with van der Waals surface area (Å²) in [4.78, 5) is 0. The highest BCUT2D eigenvalue weighted by Crippen LogP contribution is 2.30. The van der Waals surface area contributed by atoms with E-state index in [9.17, 15) is 8.78 Å². The Bertz CT molecular complexity index is 269. The van der Waals surface area contributed by atoms with E-state index in [-0.39, 0.29) is 13.0 Å². The van der Waals surface area contributed by atoms with Crippen LogP contribution in [0.1, 0.15) is 5.69 Å². The van der Waals surface area contributed by atoms with E-state index in [4.69, 9.17) is 0 Å². The molecule has 0 aliphatic carbocycles. The molecule has 5 heteroatoms. The number of hydrogen-bond acceptors (Lipinski definition) is 1. The molecule has 60 valence electrons. The first kappa shape index (κ1) is 7.21. The Kier molecular flexibility index (Phi) is 1.33. The van der Waals surface area contributed by atoms with Crippen molar-refractivity contribution in [3.63, 3.8) is 0 Å². The van der Waals surface area contributed by atoms with Gasteiger partial charge in [0.15, 0.2) is 0 Å². The summed E-state index contributed by atoms with van der Waals surface area (Å²) < 4.78 is 27.2. The van der Waals surface area contributed by atoms with Crippen LogP contribution in [0.25, 0.3) is 0 Å². The smallest absolute Gasteiger partial charge is 0.262 e. The molecule has 0 fully saturated rings. The van der Waals surface area contributed by atoms with Crippen molar-refractivity contribution in [3.05, 3.63) is 16.4 Å². The van der Waals surface area contributed by atoms with E-state index in [2.05, 4.69) is 21.0 Å². The molecule has 1 aliphatic heterocycles. The zero-order valence-corrected chi connectivity index (χ0v) is 7.11. The lowest BCUT2D eigenvalue weighted by Crippen LogP contribution is -2.17. The molecule has 0 N–H and O–H groups in total. The van der Waals surface area contributed by atoms with Gasteiger partial charge in [-0.1, -0.05) is 0 Å². The minimum absolute atomic E-state index is 0.189. The van der Waals surface area contributed by atoms with Crippen LogP contribution in [0.4, 0.5) is 8.78 Å². The second kappa shape index (κ2) is 2.03. The Balaban J connectivity index is 2.37. The molecule has 0 saturated heterocycles. The summed E-state index contributed by atoms with van der Waals surface area (Å²) in [6, 6.07) is 1.63. The summed E-state index contributed by atoms with van der Waals surface area (Å²) in [7, 11) is 0. The molecule has 11 heavy (non-hydrogen) atoms. The summed E-state index contributed by atoms with van der Waals surface area (Å²) in [5, 5.41) is 3.84. The third kappa shape index (κ3) is 1.17. The van der Waals surface area contributed by atoms with Gasteiger partial charge in [-0.25, -0.2) is 8.78 Å². The fraction of sp³-hybridized carbons (Fsp3) is 0.500. The van der Waals surface area contributed by atoms with Gasteiger partial charge >= 0.3 is 0 Å². The van der Waals surface area contributed by atoms with Crippen LogP contribution < -0.4 is 0 Å². The first-order valence-electron chi connectivity index (χ1n) is 3.17. The summed E-state index contributed by atoms with van der Waals surface area (Å²) in [5.74, 6) is -2.59. The van der Waals surface area contributed by atoms with Gasteiger partial charge in [0.2, 0.25) is 0 Å². The van der Waals surface area contributed by atoms with Crippen molar-refractivity contribution in [2.24, 2.45) is 0 Å². The molecule has 1 aromatic rings. The third-order valence-electron chi connectivity index (χ3n) is 1.65. The standard InChI is InChI=1S/C6H5BrF2N2/c7-5-1-4-2-6(8,9)3-11(4)10-5/h1H,2-3H2. The van der Waals surface area contributed by atoms with Crippen molar-refractivity contribution < 1.29 is 8.78 Å². The topological polar surface area (TPSA) is 17.8 Å². The predicted molar refractivity (Wildman–Crippen MR) is 38.6 cm³/mol. The summed E-state index contributed by atoms with van der Waals surface area (Å²) >= 11 is 3.12. The van der Waals surface area contributed by atoms with Crippen LogP contribution in [0.5, 0.6) is 0 Å². The van der Waals surface area contributed by atoms with Crippen LogP contribution in [-0.2, 0) is 13.0 Å². The van der Waals surface area contributed by atoms with Gasteiger partial charge in [0, 0.05) is 5.69 Å². The fourth-order valence-electron chi connectivity index (χ4n) is 1.24. The van der Waals surface area contributed by atoms with Gasteiger partial charge in [-0.05, 0) is 22.0 Å². The summed E-state index contributed by atoms with van der Waals surface area (Å²) in [6.45, 7) is -0.284. The first-order chi connectivity index (χ1) is 5.07. The molecule has 0 radical (unpaired) electrons. The van der Waals surface area contributed by atoms with Crippen LogP contribution >= 0.6 is 15.9 Å². The van der Waals surface area contributed by atoms with Crippen molar-refractivity contribution in [1.82, 2.24) is 9.78 Å². The van der Waals surface area contributed by atoms with Gasteiger partial charge in [0.25, 0.3) is 5.92 Å². The van der Waals surface area contributed by atoms with E-state index in [0.717, 1.165) is 0 Å². The lowest BCUT2D eigenvalue weighted by molar-refractivity contribution is 0.000890. The zero-order valence-electron chi connectivity index (χ0n) is 5.52. The summed E-state index contributed by atoms with van der Waals surface area (Å²) in [5.41, 5.74) is 0.599. The minimum atomic E-state index is -2.59. The van der Waals surface area contributed by atoms with Crippen molar-refractivity contribution in [1.29, 1.82) is 0 Å². The molecule has 0 aromatic carbocycles. The van der Waals surface area contributed by atoms with E-state index in [1.165, 1.54) is 4.68 Å². The maximum atomic E-state index is 12.6. The van der Waals surface area contributed by atoms with Crippen molar-refractivity contribution >= 4 is 15.9 Å². The third-order valence-corrected chi connectivity index (χ3v) is 2.04. The van der Waals surface area contributed by atoms with E-state index in [1.807, 2.05) is 0 Å². The minimum Gasteiger partial charge on any atom is -0.262 e. The quantitative estimate of drug-likeness (QED) is 0.656. The van der Waals surface area contributed by atoms with Crippen molar-refractivity contribution in [2.75, 3.05) is 0 Å². The monoisotopic (exact) mass is 222 g/mol. The Hall–Kier alpha value is -0.450. The molecule has 1 aromatic heterocycles. The zero-order chi connectivity index (χ0) is 8.06. The van der Waals surface area contributed by atoms with Crippen molar-refractivity contribution in [3.8, 4) is 0 Å². The molecule has 1 aliphatic rings. The molecule has 2 nitrogen and oxygen atoms in total. The number of fused-ring (bicyclic) bond motifs is 1. The van der Waals surface area contributed by atoms with Gasteiger partial charge in [-0.2, -0.15) is 5.10 Å². The fourth-order valence-corrected chi connectivity index (χ4v) is 1.70. The van der Waals surface area contributed by atoms with Crippen LogP contribution in [0.3, 0.4) is 0 Å². The van der Waals surface area contributed by atoms with Gasteiger partial charge < -0.3 is 0 Å². The van der Waals surface area contributed by atoms with Gasteiger partial charge in [0.1, 0.15) is 11.1 Å². The molecule has 0 amide bonds. The normalized spacial score (nSPS) is 20.3. The highest BCUT2D eigenvalue weighted by atomic mass is 79.9. The average Bonchev–Trinajstić information content (AvgIpc) is 2.17. The van der Waals surface area contributed by atoms with E-state index in [1.54, 1.807) is 6.07 Å². The van der Waals surface area contributed by atoms with Crippen LogP contribution in [0, 0.1) is 0 Å². The molecule has 0 atom stereocenters.